The van der Waals surface area contributed by atoms with E-state index in [-0.39, 0.29) is 35.1 Å². The molecule has 0 radical (unpaired) electrons. The molecule has 3 nitrogen and oxygen atoms in total. The summed E-state index contributed by atoms with van der Waals surface area (Å²) in [5.41, 5.74) is 0.457. The molecular weight excluding hydrogens is 300 g/mol. The van der Waals surface area contributed by atoms with Gasteiger partial charge < -0.3 is 15.3 Å². The summed E-state index contributed by atoms with van der Waals surface area (Å²) in [5, 5.41) is 31.4. The summed E-state index contributed by atoms with van der Waals surface area (Å²) in [4.78, 5) is 0. The molecule has 3 N–H and O–H groups in total. The molecule has 0 saturated heterocycles. The molecule has 4 rings (SSSR count). The summed E-state index contributed by atoms with van der Waals surface area (Å²) in [6.07, 6.45) is 7.86. The zero-order chi connectivity index (χ0) is 17.3. The van der Waals surface area contributed by atoms with E-state index < -0.39 is 0 Å². The van der Waals surface area contributed by atoms with Crippen molar-refractivity contribution >= 4 is 0 Å². The smallest absolute Gasteiger partial charge is 0.0577 e. The van der Waals surface area contributed by atoms with Gasteiger partial charge in [-0.25, -0.2) is 0 Å². The molecule has 4 saturated carbocycles. The van der Waals surface area contributed by atoms with Crippen molar-refractivity contribution < 1.29 is 15.3 Å². The minimum absolute atomic E-state index is 0.200. The van der Waals surface area contributed by atoms with E-state index in [0.29, 0.717) is 23.7 Å². The van der Waals surface area contributed by atoms with Crippen LogP contribution in [0.2, 0.25) is 0 Å². The van der Waals surface area contributed by atoms with E-state index in [9.17, 15) is 15.3 Å². The molecule has 0 aliphatic heterocycles. The standard InChI is InChI=1S/C21H36O3/c1-12(22)15-4-5-16-14-11-19(24)18-10-13(23)6-8-21(18,3)17(14)7-9-20(15,16)2/h12-19,22-24H,4-11H2,1-3H3/t12?,13?,14-,15+,16-,17-,18?,19?,20+,21+/m0/s1. The molecular formula is C21H36O3. The second kappa shape index (κ2) is 5.69. The third-order valence-corrected chi connectivity index (χ3v) is 9.31. The first-order valence-corrected chi connectivity index (χ1v) is 10.3. The highest BCUT2D eigenvalue weighted by Gasteiger charge is 2.62. The van der Waals surface area contributed by atoms with E-state index in [2.05, 4.69) is 13.8 Å². The SMILES string of the molecule is CC(O)[C@H]1CC[C@H]2[C@@H]3CC(O)C4CC(O)CC[C@]4(C)[C@H]3CC[C@]12C. The first-order chi connectivity index (χ1) is 11.3. The molecule has 24 heavy (non-hydrogen) atoms. The van der Waals surface area contributed by atoms with Gasteiger partial charge in [-0.05, 0) is 98.7 Å². The lowest BCUT2D eigenvalue weighted by molar-refractivity contribution is -0.173. The quantitative estimate of drug-likeness (QED) is 0.688. The Morgan fingerprint density at radius 3 is 2.21 bits per heavy atom. The zero-order valence-electron chi connectivity index (χ0n) is 15.6. The van der Waals surface area contributed by atoms with Crippen molar-refractivity contribution in [2.45, 2.75) is 90.4 Å². The van der Waals surface area contributed by atoms with Crippen molar-refractivity contribution in [3.05, 3.63) is 0 Å². The number of fused-ring (bicyclic) bond motifs is 5. The minimum Gasteiger partial charge on any atom is -0.393 e. The fraction of sp³-hybridized carbons (Fsp3) is 1.00. The van der Waals surface area contributed by atoms with Crippen molar-refractivity contribution in [3.63, 3.8) is 0 Å². The molecule has 4 fully saturated rings. The third-order valence-electron chi connectivity index (χ3n) is 9.31. The van der Waals surface area contributed by atoms with Gasteiger partial charge in [0.25, 0.3) is 0 Å². The van der Waals surface area contributed by atoms with Crippen LogP contribution in [0, 0.1) is 40.4 Å². The van der Waals surface area contributed by atoms with Gasteiger partial charge in [-0.15, -0.1) is 0 Å². The molecule has 0 spiro atoms. The summed E-state index contributed by atoms with van der Waals surface area (Å²) in [6.45, 7) is 6.80. The zero-order valence-corrected chi connectivity index (χ0v) is 15.6. The number of aliphatic hydroxyl groups is 3. The molecule has 0 bridgehead atoms. The van der Waals surface area contributed by atoms with Crippen LogP contribution in [0.5, 0.6) is 0 Å². The van der Waals surface area contributed by atoms with Gasteiger partial charge in [-0.1, -0.05) is 13.8 Å². The first-order valence-electron chi connectivity index (χ1n) is 10.3. The van der Waals surface area contributed by atoms with Crippen LogP contribution in [-0.4, -0.2) is 33.6 Å². The molecule has 0 amide bonds. The Hall–Kier alpha value is -0.120. The maximum absolute atomic E-state index is 10.9. The Bertz CT molecular complexity index is 491. The van der Waals surface area contributed by atoms with Gasteiger partial charge in [0.1, 0.15) is 0 Å². The average Bonchev–Trinajstić information content (AvgIpc) is 2.87. The van der Waals surface area contributed by atoms with E-state index in [1.807, 2.05) is 6.92 Å². The van der Waals surface area contributed by atoms with E-state index in [4.69, 9.17) is 0 Å². The number of rotatable bonds is 1. The Kier molecular flexibility index (Phi) is 4.10. The lowest BCUT2D eigenvalue weighted by Crippen LogP contribution is -2.58. The highest BCUT2D eigenvalue weighted by atomic mass is 16.3. The largest absolute Gasteiger partial charge is 0.393 e. The second-order valence-corrected chi connectivity index (χ2v) is 10.2. The van der Waals surface area contributed by atoms with E-state index >= 15 is 0 Å². The highest BCUT2D eigenvalue weighted by Crippen LogP contribution is 2.67. The lowest BCUT2D eigenvalue weighted by atomic mass is 9.44. The molecule has 0 aromatic heterocycles. The van der Waals surface area contributed by atoms with E-state index in [1.165, 1.54) is 19.3 Å². The Balaban J connectivity index is 1.64. The van der Waals surface area contributed by atoms with Crippen LogP contribution in [0.1, 0.15) is 72.1 Å². The van der Waals surface area contributed by atoms with Gasteiger partial charge in [-0.2, -0.15) is 0 Å². The van der Waals surface area contributed by atoms with Gasteiger partial charge in [0, 0.05) is 0 Å². The van der Waals surface area contributed by atoms with Crippen LogP contribution < -0.4 is 0 Å². The fourth-order valence-corrected chi connectivity index (χ4v) is 8.11. The van der Waals surface area contributed by atoms with Crippen molar-refractivity contribution in [1.29, 1.82) is 0 Å². The predicted octanol–water partition coefficient (Wildman–Crippen LogP) is 3.36. The highest BCUT2D eigenvalue weighted by molar-refractivity contribution is 5.11. The van der Waals surface area contributed by atoms with Crippen molar-refractivity contribution in [2.75, 3.05) is 0 Å². The van der Waals surface area contributed by atoms with Gasteiger partial charge in [-0.3, -0.25) is 0 Å². The monoisotopic (exact) mass is 336 g/mol. The van der Waals surface area contributed by atoms with Crippen LogP contribution in [0.4, 0.5) is 0 Å². The molecule has 10 atom stereocenters. The second-order valence-electron chi connectivity index (χ2n) is 10.2. The maximum Gasteiger partial charge on any atom is 0.0577 e. The number of hydrogen-bond donors (Lipinski definition) is 3. The van der Waals surface area contributed by atoms with E-state index in [0.717, 1.165) is 32.1 Å². The molecule has 0 aromatic carbocycles. The molecule has 4 aliphatic rings. The summed E-state index contributed by atoms with van der Waals surface area (Å²) in [7, 11) is 0. The van der Waals surface area contributed by atoms with Crippen molar-refractivity contribution in [1.82, 2.24) is 0 Å². The van der Waals surface area contributed by atoms with Gasteiger partial charge in [0.2, 0.25) is 0 Å². The van der Waals surface area contributed by atoms with Gasteiger partial charge in [0.15, 0.2) is 0 Å². The number of hydrogen-bond acceptors (Lipinski definition) is 3. The summed E-state index contributed by atoms with van der Waals surface area (Å²) in [6, 6.07) is 0. The minimum atomic E-state index is -0.251. The van der Waals surface area contributed by atoms with Gasteiger partial charge in [0.05, 0.1) is 18.3 Å². The molecule has 3 heteroatoms. The molecule has 4 unspecified atom stereocenters. The average molecular weight is 337 g/mol. The van der Waals surface area contributed by atoms with E-state index in [1.54, 1.807) is 0 Å². The summed E-state index contributed by atoms with van der Waals surface area (Å²) in [5.74, 6) is 2.68. The van der Waals surface area contributed by atoms with Crippen molar-refractivity contribution in [2.24, 2.45) is 40.4 Å². The van der Waals surface area contributed by atoms with Crippen LogP contribution in [-0.2, 0) is 0 Å². The Morgan fingerprint density at radius 2 is 1.50 bits per heavy atom. The molecule has 4 aliphatic carbocycles. The van der Waals surface area contributed by atoms with Crippen LogP contribution in [0.25, 0.3) is 0 Å². The molecule has 0 aromatic rings. The van der Waals surface area contributed by atoms with Crippen LogP contribution in [0.3, 0.4) is 0 Å². The fourth-order valence-electron chi connectivity index (χ4n) is 8.11. The summed E-state index contributed by atoms with van der Waals surface area (Å²) >= 11 is 0. The Labute approximate surface area is 146 Å². The Morgan fingerprint density at radius 1 is 0.833 bits per heavy atom. The number of aliphatic hydroxyl groups excluding tert-OH is 3. The normalized spacial score (nSPS) is 58.5. The molecule has 138 valence electrons. The van der Waals surface area contributed by atoms with Crippen molar-refractivity contribution in [3.8, 4) is 0 Å². The summed E-state index contributed by atoms with van der Waals surface area (Å²) < 4.78 is 0. The first kappa shape index (κ1) is 17.3. The third kappa shape index (κ3) is 2.27. The molecule has 0 heterocycles. The maximum atomic E-state index is 10.9. The van der Waals surface area contributed by atoms with Crippen LogP contribution in [0.15, 0.2) is 0 Å². The predicted molar refractivity (Wildman–Crippen MR) is 94.3 cm³/mol. The van der Waals surface area contributed by atoms with Gasteiger partial charge >= 0.3 is 0 Å². The lowest BCUT2D eigenvalue weighted by Gasteiger charge is -2.62. The topological polar surface area (TPSA) is 60.7 Å². The van der Waals surface area contributed by atoms with Crippen LogP contribution >= 0.6 is 0 Å².